The number of nitrogens with one attached hydrogen (secondary N) is 4. The van der Waals surface area contributed by atoms with Crippen LogP contribution in [0.5, 0.6) is 0 Å². The maximum Gasteiger partial charge on any atom is 0.328 e. The number of carbonyl (C=O) groups excluding carboxylic acids is 6. The first-order valence-electron chi connectivity index (χ1n) is 26.1. The van der Waals surface area contributed by atoms with E-state index in [4.69, 9.17) is 9.47 Å². The molecule has 0 saturated heterocycles. The Bertz CT molecular complexity index is 1460. The Kier molecular flexibility index (Phi) is 31.1. The van der Waals surface area contributed by atoms with Gasteiger partial charge < -0.3 is 71.6 Å². The molecule has 0 aliphatic heterocycles. The van der Waals surface area contributed by atoms with Gasteiger partial charge in [0.15, 0.2) is 0 Å². The number of hydrogen-bond donors (Lipinski definition) is 12. The van der Waals surface area contributed by atoms with Crippen molar-refractivity contribution in [3.05, 3.63) is 0 Å². The average Bonchev–Trinajstić information content (AvgIpc) is 3.31. The lowest BCUT2D eigenvalue weighted by atomic mass is 9.79. The van der Waals surface area contributed by atoms with Crippen LogP contribution in [0.15, 0.2) is 0 Å². The SMILES string of the molecule is CCCCCCCCCCOC(=O)CC[C@H](NC(=O)CCC(=O)NCCN(CCNC(=O)C1(O)C[C@@H](O)C(O)[C@H](O)C1)CCNC(=O)C1(O)C[C@@H](O)C(O)[C@H](O)C1)C(=O)OCCCCCCCCCC. The summed E-state index contributed by atoms with van der Waals surface area (Å²) in [6, 6.07) is -1.13. The van der Waals surface area contributed by atoms with Crippen LogP contribution in [0, 0.1) is 0 Å². The first-order chi connectivity index (χ1) is 33.3. The van der Waals surface area contributed by atoms with E-state index in [1.807, 2.05) is 0 Å². The van der Waals surface area contributed by atoms with Crippen molar-refractivity contribution in [1.29, 1.82) is 0 Å². The summed E-state index contributed by atoms with van der Waals surface area (Å²) in [6.45, 7) is 4.94. The van der Waals surface area contributed by atoms with E-state index in [1.54, 1.807) is 4.90 Å². The number of esters is 2. The molecule has 2 fully saturated rings. The summed E-state index contributed by atoms with van der Waals surface area (Å²) in [6.07, 6.45) is 5.19. The lowest BCUT2D eigenvalue weighted by Gasteiger charge is -2.39. The average molecular weight is 1000 g/mol. The van der Waals surface area contributed by atoms with E-state index in [1.165, 1.54) is 51.4 Å². The molecule has 0 bridgehead atoms. The molecule has 0 aromatic heterocycles. The Morgan fingerprint density at radius 3 is 1.31 bits per heavy atom. The van der Waals surface area contributed by atoms with Crippen molar-refractivity contribution in [3.8, 4) is 0 Å². The number of ether oxygens (including phenoxy) is 2. The quantitative estimate of drug-likeness (QED) is 0.0293. The molecule has 2 aliphatic rings. The molecule has 4 amide bonds. The van der Waals surface area contributed by atoms with Crippen LogP contribution >= 0.6 is 0 Å². The van der Waals surface area contributed by atoms with Crippen LogP contribution in [0.1, 0.15) is 168 Å². The largest absolute Gasteiger partial charge is 0.466 e. The van der Waals surface area contributed by atoms with Gasteiger partial charge in [-0.1, -0.05) is 104 Å². The zero-order valence-corrected chi connectivity index (χ0v) is 42.0. The summed E-state index contributed by atoms with van der Waals surface area (Å²) in [5.41, 5.74) is -4.33. The minimum absolute atomic E-state index is 0.0253. The van der Waals surface area contributed by atoms with Gasteiger partial charge >= 0.3 is 11.9 Å². The fourth-order valence-corrected chi connectivity index (χ4v) is 8.69. The van der Waals surface area contributed by atoms with Gasteiger partial charge in [-0.05, 0) is 19.3 Å². The van der Waals surface area contributed by atoms with Crippen molar-refractivity contribution < 1.29 is 79.1 Å². The second kappa shape index (κ2) is 34.8. The molecule has 2 saturated carbocycles. The molecule has 70 heavy (non-hydrogen) atoms. The molecular formula is C49H89N5O16. The van der Waals surface area contributed by atoms with Crippen LogP contribution < -0.4 is 21.3 Å². The van der Waals surface area contributed by atoms with Gasteiger partial charge in [0.1, 0.15) is 29.5 Å². The third-order valence-corrected chi connectivity index (χ3v) is 13.1. The maximum atomic E-state index is 13.2. The smallest absolute Gasteiger partial charge is 0.328 e. The first-order valence-corrected chi connectivity index (χ1v) is 26.1. The molecular weight excluding hydrogens is 915 g/mol. The monoisotopic (exact) mass is 1000 g/mol. The van der Waals surface area contributed by atoms with Crippen molar-refractivity contribution in [2.24, 2.45) is 0 Å². The van der Waals surface area contributed by atoms with Crippen molar-refractivity contribution >= 4 is 35.6 Å². The van der Waals surface area contributed by atoms with Gasteiger partial charge in [-0.15, -0.1) is 0 Å². The highest BCUT2D eigenvalue weighted by atomic mass is 16.5. The molecule has 0 unspecified atom stereocenters. The Hall–Kier alpha value is -3.54. The van der Waals surface area contributed by atoms with Crippen molar-refractivity contribution in [3.63, 3.8) is 0 Å². The molecule has 21 nitrogen and oxygen atoms in total. The molecule has 2 rings (SSSR count). The molecule has 5 atom stereocenters. The van der Waals surface area contributed by atoms with Gasteiger partial charge in [0.2, 0.25) is 11.8 Å². The van der Waals surface area contributed by atoms with E-state index >= 15 is 0 Å². The minimum atomic E-state index is -2.17. The maximum absolute atomic E-state index is 13.2. The number of amides is 4. The lowest BCUT2D eigenvalue weighted by Crippen LogP contribution is -2.59. The zero-order valence-electron chi connectivity index (χ0n) is 42.0. The van der Waals surface area contributed by atoms with Gasteiger partial charge in [-0.2, -0.15) is 0 Å². The Morgan fingerprint density at radius 2 is 0.886 bits per heavy atom. The number of aliphatic hydroxyl groups excluding tert-OH is 6. The Balaban J connectivity index is 1.93. The zero-order chi connectivity index (χ0) is 52.0. The molecule has 0 heterocycles. The highest BCUT2D eigenvalue weighted by molar-refractivity contribution is 5.88. The van der Waals surface area contributed by atoms with Crippen LogP contribution in [0.3, 0.4) is 0 Å². The normalized spacial score (nSPS) is 24.9. The fourth-order valence-electron chi connectivity index (χ4n) is 8.69. The predicted octanol–water partition coefficient (Wildman–Crippen LogP) is 0.265. The Morgan fingerprint density at radius 1 is 0.514 bits per heavy atom. The number of aliphatic hydroxyl groups is 8. The molecule has 0 aromatic carbocycles. The summed E-state index contributed by atoms with van der Waals surface area (Å²) < 4.78 is 10.9. The third-order valence-electron chi connectivity index (χ3n) is 13.1. The number of nitrogens with zero attached hydrogens (tertiary/aromatic N) is 1. The third kappa shape index (κ3) is 24.7. The van der Waals surface area contributed by atoms with E-state index in [2.05, 4.69) is 35.1 Å². The summed E-state index contributed by atoms with van der Waals surface area (Å²) in [5, 5.41) is 92.0. The van der Waals surface area contributed by atoms with Gasteiger partial charge in [-0.3, -0.25) is 28.9 Å². The summed E-state index contributed by atoms with van der Waals surface area (Å²) in [4.78, 5) is 79.3. The molecule has 0 spiro atoms. The Labute approximate surface area is 414 Å². The fraction of sp³-hybridized carbons (Fsp3) is 0.878. The van der Waals surface area contributed by atoms with E-state index in [9.17, 15) is 69.6 Å². The second-order valence-electron chi connectivity index (χ2n) is 19.3. The highest BCUT2D eigenvalue weighted by Crippen LogP contribution is 2.30. The van der Waals surface area contributed by atoms with Gasteiger partial charge in [-0.25, -0.2) is 4.79 Å². The minimum Gasteiger partial charge on any atom is -0.466 e. The van der Waals surface area contributed by atoms with Crippen LogP contribution in [0.4, 0.5) is 0 Å². The van der Waals surface area contributed by atoms with Crippen molar-refractivity contribution in [1.82, 2.24) is 26.2 Å². The molecule has 0 aromatic rings. The molecule has 406 valence electrons. The van der Waals surface area contributed by atoms with E-state index in [0.717, 1.165) is 44.9 Å². The second-order valence-corrected chi connectivity index (χ2v) is 19.3. The molecule has 2 aliphatic carbocycles. The van der Waals surface area contributed by atoms with Crippen molar-refractivity contribution in [2.75, 3.05) is 52.5 Å². The van der Waals surface area contributed by atoms with Gasteiger partial charge in [0, 0.05) is 84.2 Å². The predicted molar refractivity (Wildman–Crippen MR) is 257 cm³/mol. The number of carbonyl (C=O) groups is 6. The topological polar surface area (TPSA) is 334 Å². The summed E-state index contributed by atoms with van der Waals surface area (Å²) >= 11 is 0. The first kappa shape index (κ1) is 62.6. The van der Waals surface area contributed by atoms with Gasteiger partial charge in [0.25, 0.3) is 11.8 Å². The highest BCUT2D eigenvalue weighted by Gasteiger charge is 2.49. The van der Waals surface area contributed by atoms with Crippen LogP contribution in [0.2, 0.25) is 0 Å². The van der Waals surface area contributed by atoms with E-state index < -0.39 is 115 Å². The number of rotatable bonds is 37. The number of unbranched alkanes of at least 4 members (excludes halogenated alkanes) is 14. The lowest BCUT2D eigenvalue weighted by molar-refractivity contribution is -0.173. The summed E-state index contributed by atoms with van der Waals surface area (Å²) in [7, 11) is 0. The standard InChI is InChI=1S/C49H89N5O16/c1-3-5-7-9-11-13-15-17-29-69-42(61)22-19-35(45(64)70-30-18-16-14-12-10-8-6-4-2)53-41(60)21-20-40(59)50-23-26-54(27-24-51-46(65)48(67)31-36(55)43(62)37(56)32-48)28-25-52-47(66)49(68)33-38(57)44(63)39(58)34-49/h35-39,43-44,55-58,62-63,67-68H,3-34H2,1-2H3,(H,50,59)(H,51,65)(H,52,66)(H,53,60)/t35-,36+,37+,38+,39+,43?,44?,48?,49?/m0/s1. The van der Waals surface area contributed by atoms with Crippen LogP contribution in [-0.2, 0) is 38.2 Å². The van der Waals surface area contributed by atoms with Gasteiger partial charge in [0.05, 0.1) is 37.6 Å². The van der Waals surface area contributed by atoms with Crippen LogP contribution in [-0.4, -0.2) is 188 Å². The van der Waals surface area contributed by atoms with Crippen molar-refractivity contribution in [2.45, 2.75) is 222 Å². The summed E-state index contributed by atoms with van der Waals surface area (Å²) in [5.74, 6) is -4.07. The number of hydrogen-bond acceptors (Lipinski definition) is 17. The van der Waals surface area contributed by atoms with E-state index in [0.29, 0.717) is 6.42 Å². The van der Waals surface area contributed by atoms with E-state index in [-0.39, 0.29) is 78.2 Å². The molecule has 12 N–H and O–H groups in total. The molecule has 21 heteroatoms. The van der Waals surface area contributed by atoms with Crippen LogP contribution in [0.25, 0.3) is 0 Å². The molecule has 0 radical (unpaired) electrons.